The van der Waals surface area contributed by atoms with Crippen molar-refractivity contribution in [2.45, 2.75) is 31.7 Å². The molecule has 0 saturated carbocycles. The molecule has 1 N–H and O–H groups in total. The highest BCUT2D eigenvalue weighted by Crippen LogP contribution is 2.28. The lowest BCUT2D eigenvalue weighted by atomic mass is 10.1. The summed E-state index contributed by atoms with van der Waals surface area (Å²) in [5.41, 5.74) is 1.62. The van der Waals surface area contributed by atoms with Crippen LogP contribution < -0.4 is 10.2 Å². The number of carbonyl (C=O) groups is 2. The molecule has 2 amide bonds. The van der Waals surface area contributed by atoms with Crippen LogP contribution in [0.4, 0.5) is 11.5 Å². The number of hydrogen-bond donors (Lipinski definition) is 1. The van der Waals surface area contributed by atoms with Gasteiger partial charge in [-0.2, -0.15) is 9.40 Å². The van der Waals surface area contributed by atoms with Gasteiger partial charge in [-0.3, -0.25) is 9.59 Å². The van der Waals surface area contributed by atoms with E-state index in [0.717, 1.165) is 5.56 Å². The first-order valence-electron chi connectivity index (χ1n) is 11.6. The molecule has 1 aliphatic heterocycles. The second-order valence-corrected chi connectivity index (χ2v) is 10.3. The van der Waals surface area contributed by atoms with Crippen molar-refractivity contribution in [1.29, 1.82) is 0 Å². The zero-order valence-corrected chi connectivity index (χ0v) is 20.6. The van der Waals surface area contributed by atoms with Crippen LogP contribution in [-0.4, -0.2) is 54.0 Å². The van der Waals surface area contributed by atoms with Gasteiger partial charge in [0.05, 0.1) is 23.6 Å². The molecule has 1 fully saturated rings. The normalized spacial score (nSPS) is 16.1. The predicted molar refractivity (Wildman–Crippen MR) is 133 cm³/mol. The fourth-order valence-corrected chi connectivity index (χ4v) is 5.65. The number of sulfonamides is 1. The van der Waals surface area contributed by atoms with Crippen LogP contribution in [0.1, 0.15) is 25.8 Å². The van der Waals surface area contributed by atoms with Gasteiger partial charge in [0.1, 0.15) is 5.82 Å². The van der Waals surface area contributed by atoms with Crippen LogP contribution in [0.5, 0.6) is 0 Å². The monoisotopic (exact) mass is 495 g/mol. The summed E-state index contributed by atoms with van der Waals surface area (Å²) in [4.78, 5) is 27.3. The lowest BCUT2D eigenvalue weighted by molar-refractivity contribution is -0.122. The Labute approximate surface area is 205 Å². The minimum atomic E-state index is -3.58. The van der Waals surface area contributed by atoms with Gasteiger partial charge in [-0.05, 0) is 29.8 Å². The molecule has 3 aromatic rings. The summed E-state index contributed by atoms with van der Waals surface area (Å²) in [7, 11) is -3.58. The van der Waals surface area contributed by atoms with Crippen LogP contribution in [-0.2, 0) is 26.2 Å². The Morgan fingerprint density at radius 3 is 2.40 bits per heavy atom. The smallest absolute Gasteiger partial charge is 0.243 e. The van der Waals surface area contributed by atoms with Gasteiger partial charge >= 0.3 is 0 Å². The maximum absolute atomic E-state index is 13.0. The summed E-state index contributed by atoms with van der Waals surface area (Å²) in [6.07, 6.45) is 1.70. The van der Waals surface area contributed by atoms with Gasteiger partial charge in [-0.1, -0.05) is 44.2 Å². The number of hydrogen-bond acceptors (Lipinski definition) is 5. The number of amides is 2. The molecule has 0 unspecified atom stereocenters. The SMILES string of the molecule is CCN(CC)S(=O)(=O)c1ccc(N2C[C@@H](C(=O)Nc3ccnn3Cc3ccccc3)CC2=O)cc1. The third-order valence-electron chi connectivity index (χ3n) is 6.13. The molecule has 1 atom stereocenters. The Morgan fingerprint density at radius 1 is 1.06 bits per heavy atom. The summed E-state index contributed by atoms with van der Waals surface area (Å²) in [5, 5.41) is 7.19. The predicted octanol–water partition coefficient (Wildman–Crippen LogP) is 2.95. The quantitative estimate of drug-likeness (QED) is 0.492. The van der Waals surface area contributed by atoms with E-state index in [-0.39, 0.29) is 29.7 Å². The van der Waals surface area contributed by atoms with Crippen molar-refractivity contribution in [3.63, 3.8) is 0 Å². The van der Waals surface area contributed by atoms with Crippen molar-refractivity contribution < 1.29 is 18.0 Å². The average Bonchev–Trinajstić information content (AvgIpc) is 3.46. The highest BCUT2D eigenvalue weighted by atomic mass is 32.2. The summed E-state index contributed by atoms with van der Waals surface area (Å²) in [5.74, 6) is -0.393. The first-order chi connectivity index (χ1) is 16.8. The van der Waals surface area contributed by atoms with E-state index in [1.54, 1.807) is 42.9 Å². The first kappa shape index (κ1) is 24.6. The first-order valence-corrected chi connectivity index (χ1v) is 13.0. The molecule has 1 aromatic heterocycles. The molecule has 0 aliphatic carbocycles. The third kappa shape index (κ3) is 5.28. The maximum Gasteiger partial charge on any atom is 0.243 e. The molecule has 0 bridgehead atoms. The van der Waals surface area contributed by atoms with Crippen molar-refractivity contribution in [3.05, 3.63) is 72.4 Å². The molecule has 0 radical (unpaired) electrons. The summed E-state index contributed by atoms with van der Waals surface area (Å²) >= 11 is 0. The zero-order valence-electron chi connectivity index (χ0n) is 19.8. The van der Waals surface area contributed by atoms with E-state index in [1.165, 1.54) is 21.3 Å². The minimum Gasteiger partial charge on any atom is -0.312 e. The maximum atomic E-state index is 13.0. The molecule has 184 valence electrons. The zero-order chi connectivity index (χ0) is 25.0. The molecule has 2 heterocycles. The molecule has 1 aliphatic rings. The minimum absolute atomic E-state index is 0.0815. The molecule has 1 saturated heterocycles. The van der Waals surface area contributed by atoms with Crippen molar-refractivity contribution in [2.75, 3.05) is 29.9 Å². The van der Waals surface area contributed by atoms with E-state index in [2.05, 4.69) is 10.4 Å². The van der Waals surface area contributed by atoms with Gasteiger partial charge in [0.2, 0.25) is 21.8 Å². The van der Waals surface area contributed by atoms with E-state index in [9.17, 15) is 18.0 Å². The number of anilines is 2. The van der Waals surface area contributed by atoms with Gasteiger partial charge in [0.15, 0.2) is 0 Å². The number of nitrogens with zero attached hydrogens (tertiary/aromatic N) is 4. The molecule has 2 aromatic carbocycles. The molecule has 10 heteroatoms. The molecule has 4 rings (SSSR count). The van der Waals surface area contributed by atoms with E-state index in [0.29, 0.717) is 31.1 Å². The van der Waals surface area contributed by atoms with Crippen LogP contribution >= 0.6 is 0 Å². The summed E-state index contributed by atoms with van der Waals surface area (Å²) in [6, 6.07) is 17.8. The lowest BCUT2D eigenvalue weighted by Gasteiger charge is -2.20. The van der Waals surface area contributed by atoms with Gasteiger partial charge in [0.25, 0.3) is 0 Å². The molecular formula is C25H29N5O4S. The lowest BCUT2D eigenvalue weighted by Crippen LogP contribution is -2.31. The van der Waals surface area contributed by atoms with Crippen LogP contribution in [0.3, 0.4) is 0 Å². The van der Waals surface area contributed by atoms with Gasteiger partial charge in [-0.25, -0.2) is 13.1 Å². The number of rotatable bonds is 9. The van der Waals surface area contributed by atoms with Gasteiger partial charge in [-0.15, -0.1) is 0 Å². The molecular weight excluding hydrogens is 466 g/mol. The Morgan fingerprint density at radius 2 is 1.74 bits per heavy atom. The van der Waals surface area contributed by atoms with Crippen LogP contribution in [0.25, 0.3) is 0 Å². The van der Waals surface area contributed by atoms with E-state index < -0.39 is 15.9 Å². The second kappa shape index (κ2) is 10.4. The number of benzene rings is 2. The van der Waals surface area contributed by atoms with Crippen molar-refractivity contribution in [3.8, 4) is 0 Å². The fourth-order valence-electron chi connectivity index (χ4n) is 4.19. The number of aromatic nitrogens is 2. The van der Waals surface area contributed by atoms with Crippen molar-refractivity contribution >= 4 is 33.3 Å². The Kier molecular flexibility index (Phi) is 7.32. The molecule has 9 nitrogen and oxygen atoms in total. The Balaban J connectivity index is 1.42. The van der Waals surface area contributed by atoms with E-state index in [4.69, 9.17) is 0 Å². The fraction of sp³-hybridized carbons (Fsp3) is 0.320. The van der Waals surface area contributed by atoms with Crippen molar-refractivity contribution in [2.24, 2.45) is 5.92 Å². The molecule has 35 heavy (non-hydrogen) atoms. The van der Waals surface area contributed by atoms with E-state index >= 15 is 0 Å². The number of carbonyl (C=O) groups excluding carboxylic acids is 2. The highest BCUT2D eigenvalue weighted by Gasteiger charge is 2.35. The summed E-state index contributed by atoms with van der Waals surface area (Å²) < 4.78 is 28.5. The van der Waals surface area contributed by atoms with Crippen LogP contribution in [0.15, 0.2) is 71.8 Å². The van der Waals surface area contributed by atoms with Crippen LogP contribution in [0.2, 0.25) is 0 Å². The van der Waals surface area contributed by atoms with E-state index in [1.807, 2.05) is 30.3 Å². The topological polar surface area (TPSA) is 105 Å². The Bertz CT molecular complexity index is 1280. The second-order valence-electron chi connectivity index (χ2n) is 8.34. The van der Waals surface area contributed by atoms with Crippen LogP contribution in [0, 0.1) is 5.92 Å². The Hall–Kier alpha value is -3.50. The molecule has 0 spiro atoms. The summed E-state index contributed by atoms with van der Waals surface area (Å²) in [6.45, 7) is 5.08. The average molecular weight is 496 g/mol. The van der Waals surface area contributed by atoms with Crippen molar-refractivity contribution in [1.82, 2.24) is 14.1 Å². The third-order valence-corrected chi connectivity index (χ3v) is 8.19. The number of nitrogens with one attached hydrogen (secondary N) is 1. The largest absolute Gasteiger partial charge is 0.312 e. The highest BCUT2D eigenvalue weighted by molar-refractivity contribution is 7.89. The standard InChI is InChI=1S/C25H29N5O4S/c1-3-28(4-2)35(33,34)22-12-10-21(11-13-22)29-18-20(16-24(29)31)25(32)27-23-14-15-26-30(23)17-19-8-6-5-7-9-19/h5-15,20H,3-4,16-18H2,1-2H3,(H,27,32)/t20-/m0/s1. The van der Waals surface area contributed by atoms with Gasteiger partial charge < -0.3 is 10.2 Å². The van der Waals surface area contributed by atoms with Gasteiger partial charge in [0, 0.05) is 37.8 Å².